The zero-order valence-electron chi connectivity index (χ0n) is 12.1. The summed E-state index contributed by atoms with van der Waals surface area (Å²) in [4.78, 5) is 11.8. The van der Waals surface area contributed by atoms with Crippen molar-refractivity contribution in [2.24, 2.45) is 11.7 Å². The van der Waals surface area contributed by atoms with Gasteiger partial charge in [-0.1, -0.05) is 19.8 Å². The highest BCUT2D eigenvalue weighted by atomic mass is 16.5. The molecule has 5 nitrogen and oxygen atoms in total. The monoisotopic (exact) mass is 280 g/mol. The van der Waals surface area contributed by atoms with Crippen LogP contribution in [0.5, 0.6) is 0 Å². The van der Waals surface area contributed by atoms with Crippen LogP contribution < -0.4 is 11.1 Å². The zero-order chi connectivity index (χ0) is 14.4. The molecule has 5 heteroatoms. The Morgan fingerprint density at radius 3 is 3.00 bits per heavy atom. The highest BCUT2D eigenvalue weighted by Gasteiger charge is 2.21. The van der Waals surface area contributed by atoms with E-state index in [0.717, 1.165) is 6.42 Å². The lowest BCUT2D eigenvalue weighted by atomic mass is 9.88. The molecule has 20 heavy (non-hydrogen) atoms. The van der Waals surface area contributed by atoms with Gasteiger partial charge in [0.05, 0.1) is 24.8 Å². The third-order valence-corrected chi connectivity index (χ3v) is 3.87. The van der Waals surface area contributed by atoms with Gasteiger partial charge in [-0.3, -0.25) is 4.79 Å². The van der Waals surface area contributed by atoms with E-state index >= 15 is 0 Å². The van der Waals surface area contributed by atoms with Gasteiger partial charge >= 0.3 is 0 Å². The Kier molecular flexibility index (Phi) is 5.61. The van der Waals surface area contributed by atoms with Crippen molar-refractivity contribution in [2.75, 3.05) is 13.2 Å². The summed E-state index contributed by atoms with van der Waals surface area (Å²) in [6.45, 7) is 3.62. The summed E-state index contributed by atoms with van der Waals surface area (Å²) >= 11 is 0. The van der Waals surface area contributed by atoms with Crippen molar-refractivity contribution < 1.29 is 13.9 Å². The van der Waals surface area contributed by atoms with E-state index in [0.29, 0.717) is 43.0 Å². The van der Waals surface area contributed by atoms with Gasteiger partial charge in [-0.2, -0.15) is 0 Å². The van der Waals surface area contributed by atoms with Crippen LogP contribution in [-0.2, 0) is 11.3 Å². The zero-order valence-corrected chi connectivity index (χ0v) is 12.1. The molecule has 1 aliphatic carbocycles. The number of hydrogen-bond donors (Lipinski definition) is 2. The molecule has 1 heterocycles. The molecule has 2 atom stereocenters. The molecule has 0 aliphatic heterocycles. The third kappa shape index (κ3) is 4.08. The maximum Gasteiger partial charge on any atom is 0.254 e. The molecule has 1 amide bonds. The van der Waals surface area contributed by atoms with E-state index in [4.69, 9.17) is 14.9 Å². The first kappa shape index (κ1) is 15.1. The van der Waals surface area contributed by atoms with Gasteiger partial charge in [0.25, 0.3) is 5.91 Å². The Labute approximate surface area is 119 Å². The molecule has 2 rings (SSSR count). The van der Waals surface area contributed by atoms with Crippen LogP contribution in [0.2, 0.25) is 0 Å². The van der Waals surface area contributed by atoms with Gasteiger partial charge in [-0.15, -0.1) is 0 Å². The molecule has 1 aromatic heterocycles. The maximum atomic E-state index is 11.8. The fourth-order valence-corrected chi connectivity index (χ4v) is 2.61. The van der Waals surface area contributed by atoms with Gasteiger partial charge in [-0.05, 0) is 24.8 Å². The van der Waals surface area contributed by atoms with E-state index in [9.17, 15) is 4.79 Å². The number of hydrogen-bond acceptors (Lipinski definition) is 4. The van der Waals surface area contributed by atoms with Crippen LogP contribution in [0, 0.1) is 5.92 Å². The summed E-state index contributed by atoms with van der Waals surface area (Å²) in [7, 11) is 0. The number of furan rings is 1. The third-order valence-electron chi connectivity index (χ3n) is 3.87. The largest absolute Gasteiger partial charge is 0.467 e. The lowest BCUT2D eigenvalue weighted by Gasteiger charge is -2.28. The standard InChI is InChI=1S/C15H24N2O3/c1-11-4-2-3-5-14(11)19-7-6-17-15(18)12-8-13(9-16)20-10-12/h8,10-11,14H,2-7,9,16H2,1H3,(H,17,18). The Bertz CT molecular complexity index is 431. The average molecular weight is 280 g/mol. The molecule has 0 bridgehead atoms. The Morgan fingerprint density at radius 2 is 2.30 bits per heavy atom. The molecule has 1 aromatic rings. The van der Waals surface area contributed by atoms with Crippen LogP contribution in [-0.4, -0.2) is 25.2 Å². The quantitative estimate of drug-likeness (QED) is 0.782. The highest BCUT2D eigenvalue weighted by molar-refractivity contribution is 5.93. The summed E-state index contributed by atoms with van der Waals surface area (Å²) in [6, 6.07) is 1.67. The maximum absolute atomic E-state index is 11.8. The first-order chi connectivity index (χ1) is 9.70. The fourth-order valence-electron chi connectivity index (χ4n) is 2.61. The molecule has 3 N–H and O–H groups in total. The number of carbonyl (C=O) groups excluding carboxylic acids is 1. The topological polar surface area (TPSA) is 77.5 Å². The van der Waals surface area contributed by atoms with Crippen LogP contribution in [0.25, 0.3) is 0 Å². The van der Waals surface area contributed by atoms with Gasteiger partial charge in [0.15, 0.2) is 0 Å². The van der Waals surface area contributed by atoms with Gasteiger partial charge in [0, 0.05) is 6.54 Å². The number of rotatable bonds is 6. The number of amides is 1. The van der Waals surface area contributed by atoms with Gasteiger partial charge in [0.2, 0.25) is 0 Å². The summed E-state index contributed by atoms with van der Waals surface area (Å²) in [5.41, 5.74) is 5.95. The fraction of sp³-hybridized carbons (Fsp3) is 0.667. The van der Waals surface area contributed by atoms with Crippen molar-refractivity contribution in [1.82, 2.24) is 5.32 Å². The van der Waals surface area contributed by atoms with Gasteiger partial charge in [0.1, 0.15) is 12.0 Å². The molecule has 0 aromatic carbocycles. The predicted octanol–water partition coefficient (Wildman–Crippen LogP) is 2.06. The first-order valence-electron chi connectivity index (χ1n) is 7.38. The number of ether oxygens (including phenoxy) is 1. The summed E-state index contributed by atoms with van der Waals surface area (Å²) in [5, 5.41) is 2.83. The average Bonchev–Trinajstić information content (AvgIpc) is 2.94. The van der Waals surface area contributed by atoms with E-state index in [1.807, 2.05) is 0 Å². The Hall–Kier alpha value is -1.33. The second-order valence-electron chi connectivity index (χ2n) is 5.43. The van der Waals surface area contributed by atoms with Crippen LogP contribution >= 0.6 is 0 Å². The normalized spacial score (nSPS) is 22.7. The van der Waals surface area contributed by atoms with Crippen molar-refractivity contribution in [1.29, 1.82) is 0 Å². The van der Waals surface area contributed by atoms with E-state index in [1.165, 1.54) is 25.5 Å². The predicted molar refractivity (Wildman–Crippen MR) is 76.3 cm³/mol. The van der Waals surface area contributed by atoms with Crippen molar-refractivity contribution in [3.63, 3.8) is 0 Å². The molecule has 1 fully saturated rings. The van der Waals surface area contributed by atoms with Crippen LogP contribution in [0.4, 0.5) is 0 Å². The molecule has 2 unspecified atom stereocenters. The first-order valence-corrected chi connectivity index (χ1v) is 7.38. The van der Waals surface area contributed by atoms with Crippen molar-refractivity contribution >= 4 is 5.91 Å². The van der Waals surface area contributed by atoms with E-state index in [2.05, 4.69) is 12.2 Å². The van der Waals surface area contributed by atoms with Crippen LogP contribution in [0.15, 0.2) is 16.7 Å². The molecule has 0 saturated heterocycles. The minimum atomic E-state index is -0.145. The smallest absolute Gasteiger partial charge is 0.254 e. The molecule has 0 spiro atoms. The molecule has 112 valence electrons. The summed E-state index contributed by atoms with van der Waals surface area (Å²) in [5.74, 6) is 1.09. The SMILES string of the molecule is CC1CCCCC1OCCNC(=O)c1coc(CN)c1. The summed E-state index contributed by atoms with van der Waals surface area (Å²) in [6.07, 6.45) is 6.71. The van der Waals surface area contributed by atoms with Crippen LogP contribution in [0.1, 0.15) is 48.7 Å². The van der Waals surface area contributed by atoms with Crippen molar-refractivity contribution in [3.8, 4) is 0 Å². The number of nitrogens with one attached hydrogen (secondary N) is 1. The minimum Gasteiger partial charge on any atom is -0.467 e. The van der Waals surface area contributed by atoms with E-state index in [-0.39, 0.29) is 5.91 Å². The van der Waals surface area contributed by atoms with Crippen molar-refractivity contribution in [2.45, 2.75) is 45.3 Å². The number of nitrogens with two attached hydrogens (primary N) is 1. The van der Waals surface area contributed by atoms with E-state index in [1.54, 1.807) is 6.07 Å². The number of carbonyl (C=O) groups is 1. The molecular formula is C15H24N2O3. The molecule has 1 saturated carbocycles. The molecule has 1 aliphatic rings. The highest BCUT2D eigenvalue weighted by Crippen LogP contribution is 2.25. The Balaban J connectivity index is 1.66. The van der Waals surface area contributed by atoms with Crippen LogP contribution in [0.3, 0.4) is 0 Å². The Morgan fingerprint density at radius 1 is 1.50 bits per heavy atom. The lowest BCUT2D eigenvalue weighted by molar-refractivity contribution is -0.00294. The second kappa shape index (κ2) is 7.45. The molecule has 0 radical (unpaired) electrons. The van der Waals surface area contributed by atoms with Gasteiger partial charge < -0.3 is 20.2 Å². The lowest BCUT2D eigenvalue weighted by Crippen LogP contribution is -2.31. The minimum absolute atomic E-state index is 0.145. The van der Waals surface area contributed by atoms with Crippen molar-refractivity contribution in [3.05, 3.63) is 23.7 Å². The van der Waals surface area contributed by atoms with Gasteiger partial charge in [-0.25, -0.2) is 0 Å². The summed E-state index contributed by atoms with van der Waals surface area (Å²) < 4.78 is 11.0. The second-order valence-corrected chi connectivity index (χ2v) is 5.43. The molecular weight excluding hydrogens is 256 g/mol. The van der Waals surface area contributed by atoms with E-state index < -0.39 is 0 Å².